The minimum atomic E-state index is -0.980. The average Bonchev–Trinajstić information content (AvgIpc) is 3.11. The zero-order chi connectivity index (χ0) is 19.0. The SMILES string of the molecule is COc1ccc(-n2cnc3c2[C@@H](c2ccc(C(=O)O)cc2)CC(=O)N3)cc1. The number of carbonyl (C=O) groups excluding carboxylic acids is 1. The highest BCUT2D eigenvalue weighted by molar-refractivity contribution is 5.94. The Bertz CT molecular complexity index is 1010. The second-order valence-corrected chi connectivity index (χ2v) is 6.28. The van der Waals surface area contributed by atoms with Gasteiger partial charge in [0, 0.05) is 18.0 Å². The number of aromatic carboxylic acids is 1. The summed E-state index contributed by atoms with van der Waals surface area (Å²) in [6.45, 7) is 0. The summed E-state index contributed by atoms with van der Waals surface area (Å²) in [7, 11) is 1.61. The molecular formula is C20H17N3O4. The Kier molecular flexibility index (Phi) is 4.12. The molecule has 27 heavy (non-hydrogen) atoms. The van der Waals surface area contributed by atoms with E-state index in [1.807, 2.05) is 28.8 Å². The van der Waals surface area contributed by atoms with E-state index in [9.17, 15) is 9.59 Å². The third-order valence-electron chi connectivity index (χ3n) is 4.69. The molecule has 0 saturated carbocycles. The summed E-state index contributed by atoms with van der Waals surface area (Å²) in [6, 6.07) is 14.2. The predicted octanol–water partition coefficient (Wildman–Crippen LogP) is 3.05. The van der Waals surface area contributed by atoms with Gasteiger partial charge in [-0.1, -0.05) is 12.1 Å². The number of rotatable bonds is 4. The molecule has 0 unspecified atom stereocenters. The maximum absolute atomic E-state index is 12.1. The van der Waals surface area contributed by atoms with Crippen LogP contribution in [0.1, 0.15) is 34.0 Å². The zero-order valence-corrected chi connectivity index (χ0v) is 14.5. The third-order valence-corrected chi connectivity index (χ3v) is 4.69. The second-order valence-electron chi connectivity index (χ2n) is 6.28. The number of aromatic nitrogens is 2. The highest BCUT2D eigenvalue weighted by atomic mass is 16.5. The number of nitrogens with one attached hydrogen (secondary N) is 1. The molecule has 0 aliphatic carbocycles. The lowest BCUT2D eigenvalue weighted by Gasteiger charge is -2.25. The van der Waals surface area contributed by atoms with E-state index in [1.54, 1.807) is 37.7 Å². The molecule has 1 aromatic heterocycles. The van der Waals surface area contributed by atoms with Crippen molar-refractivity contribution in [3.8, 4) is 11.4 Å². The second kappa shape index (κ2) is 6.60. The van der Waals surface area contributed by atoms with E-state index in [1.165, 1.54) is 0 Å². The zero-order valence-electron chi connectivity index (χ0n) is 14.5. The lowest BCUT2D eigenvalue weighted by Crippen LogP contribution is -2.25. The van der Waals surface area contributed by atoms with Crippen molar-refractivity contribution in [1.29, 1.82) is 0 Å². The normalized spacial score (nSPS) is 15.7. The number of hydrogen-bond donors (Lipinski definition) is 2. The molecule has 0 radical (unpaired) electrons. The van der Waals surface area contributed by atoms with E-state index in [0.717, 1.165) is 22.7 Å². The Balaban J connectivity index is 1.78. The quantitative estimate of drug-likeness (QED) is 0.743. The number of benzene rings is 2. The van der Waals surface area contributed by atoms with E-state index in [-0.39, 0.29) is 23.8 Å². The van der Waals surface area contributed by atoms with E-state index >= 15 is 0 Å². The molecule has 7 nitrogen and oxygen atoms in total. The number of carboxylic acids is 1. The summed E-state index contributed by atoms with van der Waals surface area (Å²) in [5.41, 5.74) is 2.84. The largest absolute Gasteiger partial charge is 0.497 e. The lowest BCUT2D eigenvalue weighted by molar-refractivity contribution is -0.116. The molecule has 3 aromatic rings. The number of methoxy groups -OCH3 is 1. The number of hydrogen-bond acceptors (Lipinski definition) is 4. The van der Waals surface area contributed by atoms with Crippen molar-refractivity contribution in [2.45, 2.75) is 12.3 Å². The molecule has 4 rings (SSSR count). The molecule has 0 fully saturated rings. The van der Waals surface area contributed by atoms with Gasteiger partial charge in [-0.25, -0.2) is 9.78 Å². The summed E-state index contributed by atoms with van der Waals surface area (Å²) in [4.78, 5) is 27.6. The smallest absolute Gasteiger partial charge is 0.335 e. The Morgan fingerprint density at radius 1 is 1.19 bits per heavy atom. The van der Waals surface area contributed by atoms with Crippen LogP contribution in [0.15, 0.2) is 54.9 Å². The molecule has 2 heterocycles. The van der Waals surface area contributed by atoms with Crippen molar-refractivity contribution in [2.24, 2.45) is 0 Å². The first kappa shape index (κ1) is 16.8. The van der Waals surface area contributed by atoms with Crippen LogP contribution < -0.4 is 10.1 Å². The van der Waals surface area contributed by atoms with E-state index < -0.39 is 5.97 Å². The third kappa shape index (κ3) is 3.03. The maximum Gasteiger partial charge on any atom is 0.335 e. The van der Waals surface area contributed by atoms with E-state index in [2.05, 4.69) is 10.3 Å². The van der Waals surface area contributed by atoms with Gasteiger partial charge < -0.3 is 19.7 Å². The van der Waals surface area contributed by atoms with E-state index in [4.69, 9.17) is 9.84 Å². The van der Waals surface area contributed by atoms with Crippen LogP contribution in [0.25, 0.3) is 5.69 Å². The van der Waals surface area contributed by atoms with Crippen LogP contribution in [0.5, 0.6) is 5.75 Å². The van der Waals surface area contributed by atoms with Gasteiger partial charge in [0.1, 0.15) is 12.1 Å². The van der Waals surface area contributed by atoms with Gasteiger partial charge in [0.25, 0.3) is 0 Å². The van der Waals surface area contributed by atoms with Gasteiger partial charge in [-0.05, 0) is 42.0 Å². The van der Waals surface area contributed by atoms with Crippen LogP contribution in [-0.2, 0) is 4.79 Å². The van der Waals surface area contributed by atoms with Gasteiger partial charge in [-0.15, -0.1) is 0 Å². The number of nitrogens with zero attached hydrogens (tertiary/aromatic N) is 2. The van der Waals surface area contributed by atoms with Crippen molar-refractivity contribution in [3.63, 3.8) is 0 Å². The Hall–Kier alpha value is -3.61. The molecule has 0 spiro atoms. The molecule has 1 aliphatic rings. The molecule has 1 amide bonds. The Morgan fingerprint density at radius 2 is 1.89 bits per heavy atom. The van der Waals surface area contributed by atoms with Gasteiger partial charge in [-0.2, -0.15) is 0 Å². The first-order valence-electron chi connectivity index (χ1n) is 8.41. The fourth-order valence-electron chi connectivity index (χ4n) is 3.33. The molecule has 0 bridgehead atoms. The number of carboxylic acid groups (broad SMARTS) is 1. The number of amides is 1. The molecular weight excluding hydrogens is 346 g/mol. The van der Waals surface area contributed by atoms with Crippen LogP contribution in [0, 0.1) is 0 Å². The van der Waals surface area contributed by atoms with Crippen LogP contribution in [-0.4, -0.2) is 33.6 Å². The summed E-state index contributed by atoms with van der Waals surface area (Å²) in [5, 5.41) is 11.9. The van der Waals surface area contributed by atoms with Crippen LogP contribution in [0.4, 0.5) is 5.82 Å². The number of imidazole rings is 1. The molecule has 2 aromatic carbocycles. The Labute approximate surface area is 155 Å². The first-order valence-corrected chi connectivity index (χ1v) is 8.41. The highest BCUT2D eigenvalue weighted by Crippen LogP contribution is 2.38. The predicted molar refractivity (Wildman–Crippen MR) is 98.6 cm³/mol. The van der Waals surface area contributed by atoms with Crippen molar-refractivity contribution in [1.82, 2.24) is 9.55 Å². The van der Waals surface area contributed by atoms with Crippen LogP contribution >= 0.6 is 0 Å². The summed E-state index contributed by atoms with van der Waals surface area (Å²) in [6.07, 6.45) is 1.94. The monoisotopic (exact) mass is 363 g/mol. The minimum absolute atomic E-state index is 0.116. The number of carbonyl (C=O) groups is 2. The molecule has 1 aliphatic heterocycles. The molecule has 7 heteroatoms. The minimum Gasteiger partial charge on any atom is -0.497 e. The maximum atomic E-state index is 12.1. The van der Waals surface area contributed by atoms with Gasteiger partial charge in [0.15, 0.2) is 5.82 Å². The first-order chi connectivity index (χ1) is 13.1. The lowest BCUT2D eigenvalue weighted by atomic mass is 9.89. The van der Waals surface area contributed by atoms with Gasteiger partial charge >= 0.3 is 5.97 Å². The molecule has 0 saturated heterocycles. The van der Waals surface area contributed by atoms with E-state index in [0.29, 0.717) is 5.82 Å². The highest BCUT2D eigenvalue weighted by Gasteiger charge is 2.31. The van der Waals surface area contributed by atoms with Crippen molar-refractivity contribution >= 4 is 17.7 Å². The number of anilines is 1. The fraction of sp³-hybridized carbons (Fsp3) is 0.150. The molecule has 2 N–H and O–H groups in total. The van der Waals surface area contributed by atoms with Crippen LogP contribution in [0.3, 0.4) is 0 Å². The Morgan fingerprint density at radius 3 is 2.52 bits per heavy atom. The van der Waals surface area contributed by atoms with Gasteiger partial charge in [0.2, 0.25) is 5.91 Å². The average molecular weight is 363 g/mol. The topological polar surface area (TPSA) is 93.5 Å². The molecule has 136 valence electrons. The van der Waals surface area contributed by atoms with Crippen molar-refractivity contribution in [3.05, 3.63) is 71.7 Å². The van der Waals surface area contributed by atoms with Crippen LogP contribution in [0.2, 0.25) is 0 Å². The number of fused-ring (bicyclic) bond motifs is 1. The summed E-state index contributed by atoms with van der Waals surface area (Å²) in [5.74, 6) is -0.0425. The number of ether oxygens (including phenoxy) is 1. The van der Waals surface area contributed by atoms with Gasteiger partial charge in [0.05, 0.1) is 18.4 Å². The van der Waals surface area contributed by atoms with Gasteiger partial charge in [-0.3, -0.25) is 4.79 Å². The molecule has 1 atom stereocenters. The van der Waals surface area contributed by atoms with Crippen molar-refractivity contribution in [2.75, 3.05) is 12.4 Å². The summed E-state index contributed by atoms with van der Waals surface area (Å²) >= 11 is 0. The summed E-state index contributed by atoms with van der Waals surface area (Å²) < 4.78 is 7.14. The van der Waals surface area contributed by atoms with Crippen molar-refractivity contribution < 1.29 is 19.4 Å². The fourth-order valence-corrected chi connectivity index (χ4v) is 3.33. The standard InChI is InChI=1S/C20H17N3O4/c1-27-15-8-6-14(7-9-15)23-11-21-19-18(23)16(10-17(24)22-19)12-2-4-13(5-3-12)20(25)26/h2-9,11,16H,10H2,1H3,(H,22,24)(H,25,26)/t16-/m1/s1.